The zero-order chi connectivity index (χ0) is 23.1. The molecule has 32 heavy (non-hydrogen) atoms. The minimum absolute atomic E-state index is 0.0630. The molecule has 5 heteroatoms. The molecule has 0 bridgehead atoms. The third-order valence-electron chi connectivity index (χ3n) is 6.20. The largest absolute Gasteiger partial charge is 0.483 e. The summed E-state index contributed by atoms with van der Waals surface area (Å²) in [6.07, 6.45) is 4.89. The summed E-state index contributed by atoms with van der Waals surface area (Å²) in [7, 11) is 0. The molecule has 0 saturated heterocycles. The molecule has 0 aromatic heterocycles. The van der Waals surface area contributed by atoms with E-state index < -0.39 is 6.04 Å². The Labute approximate surface area is 192 Å². The molecule has 0 spiro atoms. The molecule has 2 amide bonds. The number of ether oxygens (including phenoxy) is 1. The number of carbonyl (C=O) groups is 2. The number of hydrogen-bond acceptors (Lipinski definition) is 3. The maximum absolute atomic E-state index is 13.3. The van der Waals surface area contributed by atoms with Crippen molar-refractivity contribution >= 4 is 11.8 Å². The van der Waals surface area contributed by atoms with E-state index in [0.717, 1.165) is 47.9 Å². The van der Waals surface area contributed by atoms with Crippen molar-refractivity contribution in [2.75, 3.05) is 6.61 Å². The maximum atomic E-state index is 13.3. The molecule has 0 radical (unpaired) electrons. The molecular weight excluding hydrogens is 400 g/mol. The second-order valence-electron chi connectivity index (χ2n) is 8.98. The second-order valence-corrected chi connectivity index (χ2v) is 8.98. The first-order chi connectivity index (χ1) is 15.4. The van der Waals surface area contributed by atoms with E-state index in [1.165, 1.54) is 0 Å². The molecule has 3 rings (SSSR count). The van der Waals surface area contributed by atoms with Gasteiger partial charge in [0.1, 0.15) is 11.8 Å². The zero-order valence-corrected chi connectivity index (χ0v) is 19.8. The van der Waals surface area contributed by atoms with Gasteiger partial charge in [0.05, 0.1) is 0 Å². The summed E-state index contributed by atoms with van der Waals surface area (Å²) in [5.74, 6) is 0.453. The van der Waals surface area contributed by atoms with Crippen molar-refractivity contribution in [2.45, 2.75) is 78.4 Å². The van der Waals surface area contributed by atoms with Gasteiger partial charge in [0.2, 0.25) is 5.91 Å². The molecular formula is C27H36N2O3. The minimum atomic E-state index is -0.522. The molecule has 2 aromatic rings. The fourth-order valence-electron chi connectivity index (χ4n) is 4.48. The van der Waals surface area contributed by atoms with Gasteiger partial charge in [-0.3, -0.25) is 9.59 Å². The summed E-state index contributed by atoms with van der Waals surface area (Å²) < 4.78 is 5.88. The van der Waals surface area contributed by atoms with Crippen LogP contribution < -0.4 is 10.1 Å². The van der Waals surface area contributed by atoms with Crippen LogP contribution in [0.15, 0.2) is 42.5 Å². The van der Waals surface area contributed by atoms with Crippen LogP contribution in [0.5, 0.6) is 5.75 Å². The maximum Gasteiger partial charge on any atom is 0.261 e. The normalized spacial score (nSPS) is 14.8. The lowest BCUT2D eigenvalue weighted by Crippen LogP contribution is -2.52. The molecule has 1 saturated carbocycles. The van der Waals surface area contributed by atoms with Crippen molar-refractivity contribution in [3.05, 3.63) is 64.7 Å². The van der Waals surface area contributed by atoms with Gasteiger partial charge in [-0.1, -0.05) is 67.3 Å². The Morgan fingerprint density at radius 2 is 1.78 bits per heavy atom. The van der Waals surface area contributed by atoms with Crippen molar-refractivity contribution in [1.29, 1.82) is 0 Å². The van der Waals surface area contributed by atoms with Crippen molar-refractivity contribution in [3.63, 3.8) is 0 Å². The number of amides is 2. The number of benzene rings is 2. The SMILES string of the molecule is CC[C@@H](C(=O)NC1CCCC1)N(Cc1cccc(C)c1)C(=O)COc1ccc(C)cc1C. The van der Waals surface area contributed by atoms with Crippen molar-refractivity contribution in [1.82, 2.24) is 10.2 Å². The van der Waals surface area contributed by atoms with Crippen LogP contribution in [0.4, 0.5) is 0 Å². The molecule has 172 valence electrons. The average molecular weight is 437 g/mol. The predicted molar refractivity (Wildman–Crippen MR) is 128 cm³/mol. The molecule has 2 aromatic carbocycles. The van der Waals surface area contributed by atoms with Gasteiger partial charge < -0.3 is 15.0 Å². The van der Waals surface area contributed by atoms with Gasteiger partial charge in [0.15, 0.2) is 6.61 Å². The number of aryl methyl sites for hydroxylation is 3. The van der Waals surface area contributed by atoms with E-state index in [4.69, 9.17) is 4.74 Å². The molecule has 1 aliphatic rings. The summed E-state index contributed by atoms with van der Waals surface area (Å²) in [6, 6.07) is 13.7. The number of rotatable bonds is 9. The summed E-state index contributed by atoms with van der Waals surface area (Å²) >= 11 is 0. The van der Waals surface area contributed by atoms with Gasteiger partial charge >= 0.3 is 0 Å². The van der Waals surface area contributed by atoms with Crippen LogP contribution in [0.3, 0.4) is 0 Å². The van der Waals surface area contributed by atoms with Crippen LogP contribution in [0.2, 0.25) is 0 Å². The highest BCUT2D eigenvalue weighted by Crippen LogP contribution is 2.21. The fraction of sp³-hybridized carbons (Fsp3) is 0.481. The summed E-state index contributed by atoms with van der Waals surface area (Å²) in [6.45, 7) is 8.28. The smallest absolute Gasteiger partial charge is 0.261 e. The lowest BCUT2D eigenvalue weighted by Gasteiger charge is -2.31. The van der Waals surface area contributed by atoms with Crippen LogP contribution in [-0.2, 0) is 16.1 Å². The Kier molecular flexibility index (Phi) is 8.32. The fourth-order valence-corrected chi connectivity index (χ4v) is 4.48. The lowest BCUT2D eigenvalue weighted by molar-refractivity contribution is -0.143. The monoisotopic (exact) mass is 436 g/mol. The highest BCUT2D eigenvalue weighted by molar-refractivity contribution is 5.88. The Hall–Kier alpha value is -2.82. The molecule has 1 N–H and O–H groups in total. The third kappa shape index (κ3) is 6.35. The van der Waals surface area contributed by atoms with E-state index in [9.17, 15) is 9.59 Å². The van der Waals surface area contributed by atoms with Crippen LogP contribution in [0.25, 0.3) is 0 Å². The van der Waals surface area contributed by atoms with E-state index in [2.05, 4.69) is 11.4 Å². The van der Waals surface area contributed by atoms with Crippen molar-refractivity contribution < 1.29 is 14.3 Å². The molecule has 0 aliphatic heterocycles. The summed E-state index contributed by atoms with van der Waals surface area (Å²) in [5.41, 5.74) is 4.29. The quantitative estimate of drug-likeness (QED) is 0.611. The Bertz CT molecular complexity index is 934. The van der Waals surface area contributed by atoms with Crippen molar-refractivity contribution in [3.8, 4) is 5.75 Å². The summed E-state index contributed by atoms with van der Waals surface area (Å²) in [4.78, 5) is 28.2. The first-order valence-corrected chi connectivity index (χ1v) is 11.7. The van der Waals surface area contributed by atoms with Crippen LogP contribution >= 0.6 is 0 Å². The van der Waals surface area contributed by atoms with Gasteiger partial charge in [-0.15, -0.1) is 0 Å². The summed E-state index contributed by atoms with van der Waals surface area (Å²) in [5, 5.41) is 3.18. The van der Waals surface area contributed by atoms with E-state index in [0.29, 0.717) is 18.7 Å². The van der Waals surface area contributed by atoms with Gasteiger partial charge in [0, 0.05) is 12.6 Å². The van der Waals surface area contributed by atoms with Gasteiger partial charge in [-0.2, -0.15) is 0 Å². The lowest BCUT2D eigenvalue weighted by atomic mass is 10.1. The topological polar surface area (TPSA) is 58.6 Å². The minimum Gasteiger partial charge on any atom is -0.483 e. The van der Waals surface area contributed by atoms with E-state index in [1.54, 1.807) is 4.90 Å². The molecule has 1 aliphatic carbocycles. The van der Waals surface area contributed by atoms with Crippen LogP contribution in [0, 0.1) is 20.8 Å². The first-order valence-electron chi connectivity index (χ1n) is 11.7. The standard InChI is InChI=1S/C27H36N2O3/c1-5-24(27(31)28-23-11-6-7-12-23)29(17-22-10-8-9-19(2)16-22)26(30)18-32-25-14-13-20(3)15-21(25)4/h8-10,13-16,23-24H,5-7,11-12,17-18H2,1-4H3,(H,28,31)/t24-/m0/s1. The average Bonchev–Trinajstić information content (AvgIpc) is 3.26. The van der Waals surface area contributed by atoms with Gasteiger partial charge in [0.25, 0.3) is 5.91 Å². The third-order valence-corrected chi connectivity index (χ3v) is 6.20. The molecule has 1 atom stereocenters. The van der Waals surface area contributed by atoms with Crippen LogP contribution in [-0.4, -0.2) is 35.4 Å². The predicted octanol–water partition coefficient (Wildman–Crippen LogP) is 4.86. The Morgan fingerprint density at radius 3 is 2.44 bits per heavy atom. The first kappa shape index (κ1) is 23.8. The zero-order valence-electron chi connectivity index (χ0n) is 19.8. The van der Waals surface area contributed by atoms with Gasteiger partial charge in [-0.25, -0.2) is 0 Å². The van der Waals surface area contributed by atoms with E-state index in [1.807, 2.05) is 64.1 Å². The number of nitrogens with one attached hydrogen (secondary N) is 1. The van der Waals surface area contributed by atoms with Gasteiger partial charge in [-0.05, 0) is 57.2 Å². The van der Waals surface area contributed by atoms with Crippen LogP contribution in [0.1, 0.15) is 61.3 Å². The van der Waals surface area contributed by atoms with E-state index in [-0.39, 0.29) is 24.5 Å². The number of hydrogen-bond donors (Lipinski definition) is 1. The van der Waals surface area contributed by atoms with E-state index >= 15 is 0 Å². The second kappa shape index (κ2) is 11.2. The molecule has 1 fully saturated rings. The number of carbonyl (C=O) groups excluding carboxylic acids is 2. The Balaban J connectivity index is 1.77. The van der Waals surface area contributed by atoms with Crippen molar-refractivity contribution in [2.24, 2.45) is 0 Å². The highest BCUT2D eigenvalue weighted by Gasteiger charge is 2.31. The Morgan fingerprint density at radius 1 is 1.06 bits per heavy atom. The highest BCUT2D eigenvalue weighted by atomic mass is 16.5. The molecule has 0 heterocycles. The molecule has 0 unspecified atom stereocenters. The number of nitrogens with zero attached hydrogens (tertiary/aromatic N) is 1. The molecule has 5 nitrogen and oxygen atoms in total.